The van der Waals surface area contributed by atoms with Gasteiger partial charge in [0.1, 0.15) is 12.1 Å². The molecule has 326 valence electrons. The molecule has 3 rings (SSSR count). The van der Waals surface area contributed by atoms with Gasteiger partial charge in [-0.05, 0) is 108 Å². The molecule has 0 saturated carbocycles. The molecular weight excluding hydrogens is 734 g/mol. The zero-order valence-corrected chi connectivity index (χ0v) is 35.5. The minimum atomic E-state index is -2.52. The molecule has 2 fully saturated rings. The fourth-order valence-electron chi connectivity index (χ4n) is 8.21. The van der Waals surface area contributed by atoms with Crippen molar-refractivity contribution in [1.82, 2.24) is 4.90 Å². The van der Waals surface area contributed by atoms with Crippen molar-refractivity contribution in [1.29, 1.82) is 0 Å². The van der Waals surface area contributed by atoms with E-state index in [1.54, 1.807) is 34.6 Å². The maximum atomic E-state index is 14.0. The van der Waals surface area contributed by atoms with Crippen LogP contribution in [-0.2, 0) is 23.9 Å². The third-order valence-electron chi connectivity index (χ3n) is 12.7. The predicted molar refractivity (Wildman–Crippen MR) is 215 cm³/mol. The summed E-state index contributed by atoms with van der Waals surface area (Å²) in [4.78, 5) is 43.2. The predicted octanol–water partition coefficient (Wildman–Crippen LogP) is 4.03. The fraction of sp³-hybridized carbons (Fsp3) is 0.795. The number of hydrogen-bond donors (Lipinski definition) is 7. The number of allylic oxidation sites excluding steroid dienone is 1. The van der Waals surface area contributed by atoms with Gasteiger partial charge in [-0.1, -0.05) is 52.8 Å². The summed E-state index contributed by atoms with van der Waals surface area (Å²) < 4.78 is 12.1. The number of carbonyl (C=O) groups is 3. The highest BCUT2D eigenvalue weighted by molar-refractivity contribution is 6.39. The van der Waals surface area contributed by atoms with E-state index in [1.165, 1.54) is 0 Å². The molecule has 3 aliphatic heterocycles. The third kappa shape index (κ3) is 13.5. The summed E-state index contributed by atoms with van der Waals surface area (Å²) in [6, 6.07) is -1.10. The molecule has 14 atom stereocenters. The molecule has 0 aromatic rings. The minimum absolute atomic E-state index is 0.00975. The molecule has 0 aliphatic carbocycles. The molecule has 7 N–H and O–H groups in total. The van der Waals surface area contributed by atoms with Crippen molar-refractivity contribution in [2.45, 2.75) is 193 Å². The quantitative estimate of drug-likeness (QED) is 0.122. The highest BCUT2D eigenvalue weighted by atomic mass is 16.6. The lowest BCUT2D eigenvalue weighted by atomic mass is 9.83. The van der Waals surface area contributed by atoms with E-state index in [0.717, 1.165) is 10.5 Å². The lowest BCUT2D eigenvalue weighted by molar-refractivity contribution is -0.266. The monoisotopic (exact) mass is 808 g/mol. The molecule has 1 amide bonds. The Morgan fingerprint density at radius 3 is 2.25 bits per heavy atom. The van der Waals surface area contributed by atoms with Crippen LogP contribution in [0.3, 0.4) is 0 Å². The largest absolute Gasteiger partial charge is 0.456 e. The number of fused-ring (bicyclic) bond motifs is 3. The van der Waals surface area contributed by atoms with Crippen molar-refractivity contribution < 1.29 is 59.6 Å². The molecule has 13 nitrogen and oxygen atoms in total. The van der Waals surface area contributed by atoms with Gasteiger partial charge in [0, 0.05) is 37.1 Å². The lowest BCUT2D eigenvalue weighted by Gasteiger charge is -2.43. The van der Waals surface area contributed by atoms with Crippen LogP contribution in [0.2, 0.25) is 0 Å². The number of rotatable bonds is 4. The Morgan fingerprint density at radius 2 is 1.60 bits per heavy atom. The van der Waals surface area contributed by atoms with Crippen LogP contribution in [0.5, 0.6) is 0 Å². The number of piperidine rings is 1. The summed E-state index contributed by atoms with van der Waals surface area (Å²) in [5, 5.41) is 77.0. The van der Waals surface area contributed by atoms with Crippen molar-refractivity contribution in [3.8, 4) is 0 Å². The molecule has 3 aliphatic rings. The van der Waals surface area contributed by atoms with Gasteiger partial charge < -0.3 is 50.1 Å². The molecule has 2 bridgehead atoms. The standard InChI is InChI=1S/C44H73NO12/c1-9-32-15-18-40(28(5)21-26(3)31(8)46)56-43(54)35-12-10-11-19-45(35)42(53)41(52)44(55)29(6)14-16-34(57-44)24-39(51)30(7)38(50)23-33(47)22-37(49)27(4)20-25(2)13-17-36(32)48/h15,20-21,25-26,29-31,33-40,46-51,55H,9-14,16-19,22-24H2,1-8H3/b27-20+,28-21+,32-15+. The van der Waals surface area contributed by atoms with Crippen LogP contribution in [0, 0.1) is 23.7 Å². The zero-order chi connectivity index (χ0) is 42.8. The highest BCUT2D eigenvalue weighted by Gasteiger charge is 2.53. The van der Waals surface area contributed by atoms with E-state index in [9.17, 15) is 50.1 Å². The maximum Gasteiger partial charge on any atom is 0.329 e. The van der Waals surface area contributed by atoms with E-state index in [1.807, 2.05) is 39.0 Å². The number of aliphatic hydroxyl groups is 7. The Kier molecular flexibility index (Phi) is 19.0. The molecule has 0 spiro atoms. The van der Waals surface area contributed by atoms with Gasteiger partial charge in [-0.25, -0.2) is 4.79 Å². The Bertz CT molecular complexity index is 1430. The summed E-state index contributed by atoms with van der Waals surface area (Å²) in [7, 11) is 0. The van der Waals surface area contributed by atoms with Crippen molar-refractivity contribution in [2.24, 2.45) is 23.7 Å². The van der Waals surface area contributed by atoms with Crippen molar-refractivity contribution in [2.75, 3.05) is 6.54 Å². The van der Waals surface area contributed by atoms with Crippen LogP contribution in [0.15, 0.2) is 34.9 Å². The molecule has 0 radical (unpaired) electrons. The number of ketones is 1. The summed E-state index contributed by atoms with van der Waals surface area (Å²) in [5.41, 5.74) is 2.09. The van der Waals surface area contributed by atoms with E-state index in [4.69, 9.17) is 9.47 Å². The second-order valence-electron chi connectivity index (χ2n) is 17.4. The van der Waals surface area contributed by atoms with Gasteiger partial charge in [-0.3, -0.25) is 9.59 Å². The first kappa shape index (κ1) is 48.9. The number of carbonyl (C=O) groups excluding carboxylic acids is 3. The second kappa shape index (κ2) is 22.2. The molecule has 0 aromatic carbocycles. The molecule has 2 saturated heterocycles. The first-order valence-electron chi connectivity index (χ1n) is 21.3. The number of aliphatic hydroxyl groups excluding tert-OH is 6. The smallest absolute Gasteiger partial charge is 0.329 e. The van der Waals surface area contributed by atoms with E-state index in [0.29, 0.717) is 56.1 Å². The topological polar surface area (TPSA) is 215 Å². The Hall–Kier alpha value is -2.49. The number of esters is 1. The van der Waals surface area contributed by atoms with E-state index in [2.05, 4.69) is 0 Å². The SMILES string of the molecule is CC/C1=C\CC(/C(C)=C/C(C)C(C)O)OC(=O)C2CCCCN2C(=O)C(=O)C2(O)OC(CCC2C)CC(O)C(C)C(O)CC(O)CC(O)/C(C)=C/C(C)CCC1O. The average molecular weight is 808 g/mol. The van der Waals surface area contributed by atoms with Crippen LogP contribution < -0.4 is 0 Å². The van der Waals surface area contributed by atoms with Crippen LogP contribution in [-0.4, -0.2) is 126 Å². The fourth-order valence-corrected chi connectivity index (χ4v) is 8.21. The third-order valence-corrected chi connectivity index (χ3v) is 12.7. The van der Waals surface area contributed by atoms with E-state index in [-0.39, 0.29) is 50.5 Å². The van der Waals surface area contributed by atoms with Gasteiger partial charge in [0.15, 0.2) is 0 Å². The number of amides is 1. The van der Waals surface area contributed by atoms with Crippen LogP contribution in [0.1, 0.15) is 132 Å². The normalized spacial score (nSPS) is 40.1. The number of hydrogen-bond acceptors (Lipinski definition) is 12. The summed E-state index contributed by atoms with van der Waals surface area (Å²) in [6.07, 6.45) is 1.83. The Balaban J connectivity index is 2.01. The lowest BCUT2D eigenvalue weighted by Crippen LogP contribution is -2.61. The number of Topliss-reactive ketones (excluding diaryl/α,β-unsaturated/α-hetero) is 1. The van der Waals surface area contributed by atoms with Crippen LogP contribution in [0.4, 0.5) is 0 Å². The summed E-state index contributed by atoms with van der Waals surface area (Å²) in [5.74, 6) is -7.28. The molecule has 0 aromatic heterocycles. The van der Waals surface area contributed by atoms with Gasteiger partial charge >= 0.3 is 5.97 Å². The van der Waals surface area contributed by atoms with Gasteiger partial charge in [0.25, 0.3) is 11.7 Å². The number of cyclic esters (lactones) is 1. The number of nitrogens with zero attached hydrogens (tertiary/aromatic N) is 1. The maximum absolute atomic E-state index is 14.0. The zero-order valence-electron chi connectivity index (χ0n) is 35.5. The van der Waals surface area contributed by atoms with Gasteiger partial charge in [0.05, 0.1) is 42.7 Å². The van der Waals surface area contributed by atoms with Gasteiger partial charge in [-0.2, -0.15) is 0 Å². The Morgan fingerprint density at radius 1 is 0.930 bits per heavy atom. The van der Waals surface area contributed by atoms with Crippen LogP contribution in [0.25, 0.3) is 0 Å². The number of ether oxygens (including phenoxy) is 2. The molecule has 3 heterocycles. The highest BCUT2D eigenvalue weighted by Crippen LogP contribution is 2.37. The van der Waals surface area contributed by atoms with E-state index >= 15 is 0 Å². The first-order chi connectivity index (χ1) is 26.7. The summed E-state index contributed by atoms with van der Waals surface area (Å²) in [6.45, 7) is 14.3. The van der Waals surface area contributed by atoms with Crippen molar-refractivity contribution >= 4 is 17.7 Å². The molecule has 57 heavy (non-hydrogen) atoms. The average Bonchev–Trinajstić information content (AvgIpc) is 3.16. The van der Waals surface area contributed by atoms with Gasteiger partial charge in [-0.15, -0.1) is 0 Å². The molecule has 14 unspecified atom stereocenters. The molecule has 13 heteroatoms. The Labute approximate surface area is 339 Å². The minimum Gasteiger partial charge on any atom is -0.456 e. The van der Waals surface area contributed by atoms with Crippen LogP contribution >= 0.6 is 0 Å². The van der Waals surface area contributed by atoms with E-state index < -0.39 is 90.2 Å². The van der Waals surface area contributed by atoms with Crippen molar-refractivity contribution in [3.63, 3.8) is 0 Å². The summed E-state index contributed by atoms with van der Waals surface area (Å²) >= 11 is 0. The second-order valence-corrected chi connectivity index (χ2v) is 17.4. The van der Waals surface area contributed by atoms with Crippen molar-refractivity contribution in [3.05, 3.63) is 34.9 Å². The first-order valence-corrected chi connectivity index (χ1v) is 21.3. The molecular formula is C44H73NO12. The van der Waals surface area contributed by atoms with Gasteiger partial charge in [0.2, 0.25) is 5.79 Å².